The number of carbonyl (C=O) groups is 2. The van der Waals surface area contributed by atoms with Crippen LogP contribution in [0.1, 0.15) is 53.6 Å². The van der Waals surface area contributed by atoms with Gasteiger partial charge in [0.25, 0.3) is 10.0 Å². The van der Waals surface area contributed by atoms with Gasteiger partial charge in [0.05, 0.1) is 16.1 Å². The molecule has 2 aliphatic heterocycles. The average molecular weight is 587 g/mol. The number of benzene rings is 1. The Hall–Kier alpha value is -3.39. The van der Waals surface area contributed by atoms with Crippen LogP contribution >= 0.6 is 0 Å². The molecule has 220 valence electrons. The minimum Gasteiger partial charge on any atom is -0.478 e. The zero-order valence-corrected chi connectivity index (χ0v) is 23.1. The first-order valence-corrected chi connectivity index (χ1v) is 14.3. The number of carboxylic acid groups (broad SMARTS) is 2. The number of hydrogen-bond acceptors (Lipinski definition) is 7. The summed E-state index contributed by atoms with van der Waals surface area (Å²) in [5, 5.41) is 16.6. The molecular formula is C26H33F3N4O6S. The van der Waals surface area contributed by atoms with Gasteiger partial charge in [0, 0.05) is 25.3 Å². The summed E-state index contributed by atoms with van der Waals surface area (Å²) in [6.45, 7) is 7.45. The van der Waals surface area contributed by atoms with Crippen molar-refractivity contribution in [3.63, 3.8) is 0 Å². The predicted molar refractivity (Wildman–Crippen MR) is 142 cm³/mol. The van der Waals surface area contributed by atoms with E-state index in [0.29, 0.717) is 17.4 Å². The molecule has 0 radical (unpaired) electrons. The highest BCUT2D eigenvalue weighted by atomic mass is 32.2. The van der Waals surface area contributed by atoms with Gasteiger partial charge in [-0.15, -0.1) is 0 Å². The number of halogens is 3. The highest BCUT2D eigenvalue weighted by Crippen LogP contribution is 2.31. The summed E-state index contributed by atoms with van der Waals surface area (Å²) >= 11 is 0. The van der Waals surface area contributed by atoms with Crippen molar-refractivity contribution in [2.45, 2.75) is 63.1 Å². The number of sulfonamides is 1. The van der Waals surface area contributed by atoms with Crippen LogP contribution in [0.5, 0.6) is 0 Å². The molecule has 0 saturated carbocycles. The molecule has 0 bridgehead atoms. The van der Waals surface area contributed by atoms with E-state index in [0.717, 1.165) is 44.6 Å². The van der Waals surface area contributed by atoms with Crippen molar-refractivity contribution in [3.8, 4) is 0 Å². The van der Waals surface area contributed by atoms with E-state index in [2.05, 4.69) is 19.5 Å². The number of aromatic carboxylic acids is 1. The number of pyridine rings is 1. The number of nitrogens with one attached hydrogen (secondary N) is 1. The van der Waals surface area contributed by atoms with E-state index in [1.807, 2.05) is 13.0 Å². The van der Waals surface area contributed by atoms with Gasteiger partial charge in [-0.05, 0) is 70.3 Å². The molecular weight excluding hydrogens is 553 g/mol. The van der Waals surface area contributed by atoms with Crippen molar-refractivity contribution < 1.29 is 41.4 Å². The molecule has 2 fully saturated rings. The zero-order valence-electron chi connectivity index (χ0n) is 22.2. The molecule has 0 atom stereocenters. The number of hydrogen-bond donors (Lipinski definition) is 3. The lowest BCUT2D eigenvalue weighted by Crippen LogP contribution is -2.47. The number of carboxylic acids is 2. The van der Waals surface area contributed by atoms with Crippen molar-refractivity contribution >= 4 is 33.5 Å². The molecule has 0 aliphatic carbocycles. The van der Waals surface area contributed by atoms with Crippen LogP contribution in [0.3, 0.4) is 0 Å². The number of rotatable bonds is 6. The van der Waals surface area contributed by atoms with Gasteiger partial charge in [0.15, 0.2) is 5.82 Å². The lowest BCUT2D eigenvalue weighted by molar-refractivity contribution is -0.192. The van der Waals surface area contributed by atoms with Crippen LogP contribution in [0.4, 0.5) is 24.7 Å². The van der Waals surface area contributed by atoms with E-state index in [1.54, 1.807) is 19.1 Å². The molecule has 10 nitrogen and oxygen atoms in total. The fraction of sp³-hybridized carbons (Fsp3) is 0.500. The van der Waals surface area contributed by atoms with Crippen molar-refractivity contribution in [2.75, 3.05) is 35.8 Å². The van der Waals surface area contributed by atoms with Crippen molar-refractivity contribution in [3.05, 3.63) is 47.2 Å². The van der Waals surface area contributed by atoms with E-state index >= 15 is 0 Å². The van der Waals surface area contributed by atoms with Gasteiger partial charge < -0.3 is 20.0 Å². The molecule has 40 heavy (non-hydrogen) atoms. The quantitative estimate of drug-likeness (QED) is 0.452. The fourth-order valence-electron chi connectivity index (χ4n) is 4.93. The molecule has 0 spiro atoms. The van der Waals surface area contributed by atoms with Crippen LogP contribution < -0.4 is 9.62 Å². The maximum Gasteiger partial charge on any atom is 0.490 e. The van der Waals surface area contributed by atoms with Gasteiger partial charge in [0.2, 0.25) is 0 Å². The Morgan fingerprint density at radius 1 is 1.00 bits per heavy atom. The van der Waals surface area contributed by atoms with Gasteiger partial charge in [0.1, 0.15) is 0 Å². The normalized spacial score (nSPS) is 17.1. The molecule has 4 rings (SSSR count). The summed E-state index contributed by atoms with van der Waals surface area (Å²) < 4.78 is 60.8. The number of anilines is 2. The van der Waals surface area contributed by atoms with Crippen molar-refractivity contribution in [1.29, 1.82) is 0 Å². The van der Waals surface area contributed by atoms with E-state index in [9.17, 15) is 31.5 Å². The Kier molecular flexibility index (Phi) is 10.0. The third-order valence-corrected chi connectivity index (χ3v) is 8.42. The number of alkyl halides is 3. The first-order chi connectivity index (χ1) is 18.7. The molecule has 2 saturated heterocycles. The molecule has 3 N–H and O–H groups in total. The zero-order chi connectivity index (χ0) is 29.7. The van der Waals surface area contributed by atoms with E-state index in [-0.39, 0.29) is 16.1 Å². The largest absolute Gasteiger partial charge is 0.490 e. The Morgan fingerprint density at radius 2 is 1.60 bits per heavy atom. The van der Waals surface area contributed by atoms with Crippen molar-refractivity contribution in [1.82, 2.24) is 9.88 Å². The minimum atomic E-state index is -5.08. The predicted octanol–water partition coefficient (Wildman–Crippen LogP) is 4.29. The van der Waals surface area contributed by atoms with Gasteiger partial charge in [-0.2, -0.15) is 13.2 Å². The standard InChI is InChI=1S/C24H32N4O4S.C2HF3O2/c1-17-6-7-22(18(2)14-17)33(31,32)26-21-15-19(24(29)30)16-25-23(21)28-12-8-20(9-13-28)27-10-4-3-5-11-27;3-2(4,5)1(6)7/h6-7,14-16,20,26H,3-5,8-13H2,1-2H3,(H,29,30);(H,6,7). The van der Waals surface area contributed by atoms with Crippen LogP contribution in [0.2, 0.25) is 0 Å². The Labute approximate surface area is 230 Å². The molecule has 0 unspecified atom stereocenters. The summed E-state index contributed by atoms with van der Waals surface area (Å²) in [6, 6.07) is 7.04. The third-order valence-electron chi connectivity index (χ3n) is 6.89. The lowest BCUT2D eigenvalue weighted by atomic mass is 10.00. The SMILES string of the molecule is Cc1ccc(S(=O)(=O)Nc2cc(C(=O)O)cnc2N2CCC(N3CCCCC3)CC2)c(C)c1.O=C(O)C(F)(F)F. The smallest absolute Gasteiger partial charge is 0.478 e. The van der Waals surface area contributed by atoms with Crippen LogP contribution in [0.15, 0.2) is 35.4 Å². The Morgan fingerprint density at radius 3 is 2.12 bits per heavy atom. The molecule has 2 aromatic rings. The number of aromatic nitrogens is 1. The van der Waals surface area contributed by atoms with Crippen LogP contribution in [0.25, 0.3) is 0 Å². The van der Waals surface area contributed by atoms with Crippen LogP contribution in [-0.4, -0.2) is 78.9 Å². The highest BCUT2D eigenvalue weighted by molar-refractivity contribution is 7.92. The Balaban J connectivity index is 0.000000559. The van der Waals surface area contributed by atoms with E-state index in [4.69, 9.17) is 9.90 Å². The molecule has 2 aliphatic rings. The number of likely N-dealkylation sites (tertiary alicyclic amines) is 1. The van der Waals surface area contributed by atoms with Gasteiger partial charge in [-0.25, -0.2) is 23.0 Å². The van der Waals surface area contributed by atoms with Crippen molar-refractivity contribution in [2.24, 2.45) is 0 Å². The van der Waals surface area contributed by atoms with E-state index < -0.39 is 28.1 Å². The molecule has 1 aromatic carbocycles. The average Bonchev–Trinajstić information content (AvgIpc) is 2.88. The first-order valence-electron chi connectivity index (χ1n) is 12.8. The monoisotopic (exact) mass is 586 g/mol. The molecule has 0 amide bonds. The molecule has 14 heteroatoms. The van der Waals surface area contributed by atoms with E-state index in [1.165, 1.54) is 31.5 Å². The van der Waals surface area contributed by atoms with Gasteiger partial charge >= 0.3 is 18.1 Å². The highest BCUT2D eigenvalue weighted by Gasteiger charge is 2.38. The number of aliphatic carboxylic acids is 1. The number of nitrogens with zero attached hydrogens (tertiary/aromatic N) is 3. The van der Waals surface area contributed by atoms with Crippen LogP contribution in [0, 0.1) is 13.8 Å². The molecule has 1 aromatic heterocycles. The van der Waals surface area contributed by atoms with Gasteiger partial charge in [-0.1, -0.05) is 24.1 Å². The maximum absolute atomic E-state index is 13.2. The summed E-state index contributed by atoms with van der Waals surface area (Å²) in [7, 11) is -3.91. The Bertz CT molecular complexity index is 1320. The summed E-state index contributed by atoms with van der Waals surface area (Å²) in [5.74, 6) is -3.43. The summed E-state index contributed by atoms with van der Waals surface area (Å²) in [5.41, 5.74) is 1.75. The topological polar surface area (TPSA) is 140 Å². The second-order valence-corrected chi connectivity index (χ2v) is 11.5. The minimum absolute atomic E-state index is 0.0553. The number of piperidine rings is 2. The fourth-order valence-corrected chi connectivity index (χ4v) is 6.21. The lowest BCUT2D eigenvalue weighted by Gasteiger charge is -2.40. The number of aryl methyl sites for hydroxylation is 2. The second kappa shape index (κ2) is 12.9. The molecule has 3 heterocycles. The summed E-state index contributed by atoms with van der Waals surface area (Å²) in [4.78, 5) is 29.6. The second-order valence-electron chi connectivity index (χ2n) is 9.89. The van der Waals surface area contributed by atoms with Gasteiger partial charge in [-0.3, -0.25) is 4.72 Å². The third kappa shape index (κ3) is 8.07. The van der Waals surface area contributed by atoms with Crippen LogP contribution in [-0.2, 0) is 14.8 Å². The first kappa shape index (κ1) is 31.1. The summed E-state index contributed by atoms with van der Waals surface area (Å²) in [6.07, 6.45) is 1.98. The maximum atomic E-state index is 13.2.